The molecule has 1 aliphatic rings. The molecular formula is C15H21F3N2O. The third kappa shape index (κ3) is 3.74. The van der Waals surface area contributed by atoms with Crippen LogP contribution < -0.4 is 0 Å². The highest BCUT2D eigenvalue weighted by Gasteiger charge is 2.36. The van der Waals surface area contributed by atoms with Gasteiger partial charge in [0.2, 0.25) is 0 Å². The maximum Gasteiger partial charge on any atom is 0.433 e. The largest absolute Gasteiger partial charge is 0.433 e. The number of ether oxygens (including phenoxy) is 1. The Labute approximate surface area is 123 Å². The third-order valence-corrected chi connectivity index (χ3v) is 4.20. The zero-order valence-electron chi connectivity index (χ0n) is 12.5. The van der Waals surface area contributed by atoms with Crippen LogP contribution in [-0.2, 0) is 10.9 Å². The molecule has 21 heavy (non-hydrogen) atoms. The Bertz CT molecular complexity index is 476. The van der Waals surface area contributed by atoms with Crippen molar-refractivity contribution in [3.63, 3.8) is 0 Å². The van der Waals surface area contributed by atoms with Crippen molar-refractivity contribution in [3.8, 4) is 0 Å². The van der Waals surface area contributed by atoms with E-state index in [2.05, 4.69) is 9.88 Å². The molecule has 0 saturated heterocycles. The van der Waals surface area contributed by atoms with Crippen LogP contribution in [0.3, 0.4) is 0 Å². The fraction of sp³-hybridized carbons (Fsp3) is 0.667. The van der Waals surface area contributed by atoms with E-state index in [1.54, 1.807) is 13.2 Å². The van der Waals surface area contributed by atoms with E-state index >= 15 is 0 Å². The second-order valence-electron chi connectivity index (χ2n) is 5.76. The Hall–Kier alpha value is -1.14. The molecule has 0 amide bonds. The Balaban J connectivity index is 2.19. The summed E-state index contributed by atoms with van der Waals surface area (Å²) in [7, 11) is 5.63. The van der Waals surface area contributed by atoms with Gasteiger partial charge in [-0.3, -0.25) is 0 Å². The van der Waals surface area contributed by atoms with Crippen molar-refractivity contribution in [2.24, 2.45) is 0 Å². The zero-order chi connectivity index (χ0) is 15.6. The quantitative estimate of drug-likeness (QED) is 0.856. The molecular weight excluding hydrogens is 281 g/mol. The van der Waals surface area contributed by atoms with Gasteiger partial charge in [-0.1, -0.05) is 6.07 Å². The van der Waals surface area contributed by atoms with Gasteiger partial charge in [-0.05, 0) is 45.5 Å². The molecule has 0 bridgehead atoms. The Morgan fingerprint density at radius 3 is 2.52 bits per heavy atom. The monoisotopic (exact) mass is 302 g/mol. The number of likely N-dealkylation sites (N-methyl/N-ethyl adjacent to an activating group) is 1. The Kier molecular flexibility index (Phi) is 4.88. The van der Waals surface area contributed by atoms with E-state index in [0.717, 1.165) is 25.3 Å². The number of rotatable bonds is 3. The summed E-state index contributed by atoms with van der Waals surface area (Å²) in [5.74, 6) is 0.0473. The van der Waals surface area contributed by atoms with Crippen molar-refractivity contribution in [2.45, 2.75) is 43.5 Å². The number of alkyl halides is 3. The molecule has 3 nitrogen and oxygen atoms in total. The van der Waals surface area contributed by atoms with Gasteiger partial charge < -0.3 is 9.64 Å². The summed E-state index contributed by atoms with van der Waals surface area (Å²) < 4.78 is 43.8. The minimum absolute atomic E-state index is 0.0473. The van der Waals surface area contributed by atoms with Crippen LogP contribution >= 0.6 is 0 Å². The summed E-state index contributed by atoms with van der Waals surface area (Å²) in [6, 6.07) is 4.36. The first-order valence-electron chi connectivity index (χ1n) is 7.06. The molecule has 0 unspecified atom stereocenters. The number of hydrogen-bond donors (Lipinski definition) is 0. The smallest absolute Gasteiger partial charge is 0.380 e. The highest BCUT2D eigenvalue weighted by molar-refractivity contribution is 5.18. The van der Waals surface area contributed by atoms with E-state index in [1.165, 1.54) is 6.07 Å². The summed E-state index contributed by atoms with van der Waals surface area (Å²) in [6.45, 7) is 0. The molecule has 1 heterocycles. The van der Waals surface area contributed by atoms with E-state index in [9.17, 15) is 13.2 Å². The summed E-state index contributed by atoms with van der Waals surface area (Å²) in [6.07, 6.45) is -1.86. The lowest BCUT2D eigenvalue weighted by Gasteiger charge is -2.38. The predicted molar refractivity (Wildman–Crippen MR) is 74.1 cm³/mol. The summed E-state index contributed by atoms with van der Waals surface area (Å²) in [4.78, 5) is 5.91. The van der Waals surface area contributed by atoms with Crippen molar-refractivity contribution >= 4 is 0 Å². The fourth-order valence-corrected chi connectivity index (χ4v) is 3.04. The zero-order valence-corrected chi connectivity index (χ0v) is 12.5. The van der Waals surface area contributed by atoms with Crippen molar-refractivity contribution in [1.29, 1.82) is 0 Å². The summed E-state index contributed by atoms with van der Waals surface area (Å²) in [5.41, 5.74) is -0.276. The van der Waals surface area contributed by atoms with Crippen LogP contribution in [0.5, 0.6) is 0 Å². The van der Waals surface area contributed by atoms with Crippen LogP contribution in [-0.4, -0.2) is 43.2 Å². The first-order chi connectivity index (χ1) is 9.82. The van der Waals surface area contributed by atoms with E-state index in [1.807, 2.05) is 14.1 Å². The van der Waals surface area contributed by atoms with Crippen molar-refractivity contribution in [2.75, 3.05) is 21.2 Å². The van der Waals surface area contributed by atoms with Crippen LogP contribution in [0, 0.1) is 0 Å². The van der Waals surface area contributed by atoms with Gasteiger partial charge in [0.15, 0.2) is 0 Å². The Morgan fingerprint density at radius 2 is 1.95 bits per heavy atom. The first kappa shape index (κ1) is 16.2. The molecule has 0 radical (unpaired) electrons. The van der Waals surface area contributed by atoms with Gasteiger partial charge in [0, 0.05) is 24.8 Å². The van der Waals surface area contributed by atoms with Gasteiger partial charge in [-0.2, -0.15) is 13.2 Å². The van der Waals surface area contributed by atoms with E-state index < -0.39 is 11.9 Å². The molecule has 0 spiro atoms. The number of methoxy groups -OCH3 is 1. The van der Waals surface area contributed by atoms with Crippen LogP contribution in [0.25, 0.3) is 0 Å². The van der Waals surface area contributed by atoms with Gasteiger partial charge in [-0.25, -0.2) is 4.98 Å². The summed E-state index contributed by atoms with van der Waals surface area (Å²) >= 11 is 0. The second kappa shape index (κ2) is 6.32. The van der Waals surface area contributed by atoms with Crippen molar-refractivity contribution in [1.82, 2.24) is 9.88 Å². The maximum absolute atomic E-state index is 12.8. The van der Waals surface area contributed by atoms with Crippen molar-refractivity contribution < 1.29 is 17.9 Å². The number of pyridine rings is 1. The minimum Gasteiger partial charge on any atom is -0.380 e. The lowest BCUT2D eigenvalue weighted by atomic mass is 9.81. The molecule has 6 heteroatoms. The SMILES string of the molecule is CO[C@H]1CC[C@H](c2cccc(C(F)(F)F)n2)C[C@@H]1N(C)C. The number of nitrogens with zero attached hydrogens (tertiary/aromatic N) is 2. The minimum atomic E-state index is -4.39. The van der Waals surface area contributed by atoms with Gasteiger partial charge >= 0.3 is 6.18 Å². The predicted octanol–water partition coefficient (Wildman–Crippen LogP) is 3.31. The molecule has 0 aliphatic heterocycles. The number of aromatic nitrogens is 1. The lowest BCUT2D eigenvalue weighted by molar-refractivity contribution is -0.141. The number of hydrogen-bond acceptors (Lipinski definition) is 3. The Morgan fingerprint density at radius 1 is 1.24 bits per heavy atom. The lowest BCUT2D eigenvalue weighted by Crippen LogP contribution is -2.44. The van der Waals surface area contributed by atoms with Crippen LogP contribution in [0.15, 0.2) is 18.2 Å². The second-order valence-corrected chi connectivity index (χ2v) is 5.76. The van der Waals surface area contributed by atoms with Gasteiger partial charge in [-0.15, -0.1) is 0 Å². The normalized spacial score (nSPS) is 27.1. The third-order valence-electron chi connectivity index (χ3n) is 4.20. The molecule has 0 N–H and O–H groups in total. The van der Waals surface area contributed by atoms with E-state index in [4.69, 9.17) is 4.74 Å². The van der Waals surface area contributed by atoms with Gasteiger partial charge in [0.1, 0.15) is 5.69 Å². The first-order valence-corrected chi connectivity index (χ1v) is 7.06. The molecule has 1 aromatic heterocycles. The standard InChI is InChI=1S/C15H21F3N2O/c1-20(2)12-9-10(7-8-13(12)21-3)11-5-4-6-14(19-11)15(16,17)18/h4-6,10,12-13H,7-9H2,1-3H3/t10-,12-,13-/m0/s1. The van der Waals surface area contributed by atoms with Crippen LogP contribution in [0.4, 0.5) is 13.2 Å². The van der Waals surface area contributed by atoms with Gasteiger partial charge in [0.05, 0.1) is 6.10 Å². The maximum atomic E-state index is 12.8. The summed E-state index contributed by atoms with van der Waals surface area (Å²) in [5, 5.41) is 0. The van der Waals surface area contributed by atoms with Crippen LogP contribution in [0.1, 0.15) is 36.6 Å². The average Bonchev–Trinajstić information content (AvgIpc) is 2.45. The molecule has 1 fully saturated rings. The average molecular weight is 302 g/mol. The molecule has 2 rings (SSSR count). The fourth-order valence-electron chi connectivity index (χ4n) is 3.04. The molecule has 3 atom stereocenters. The van der Waals surface area contributed by atoms with Crippen molar-refractivity contribution in [3.05, 3.63) is 29.6 Å². The molecule has 1 aromatic rings. The molecule has 1 saturated carbocycles. The number of halogens is 3. The van der Waals surface area contributed by atoms with E-state index in [0.29, 0.717) is 5.69 Å². The molecule has 118 valence electrons. The van der Waals surface area contributed by atoms with Crippen LogP contribution in [0.2, 0.25) is 0 Å². The van der Waals surface area contributed by atoms with Gasteiger partial charge in [0.25, 0.3) is 0 Å². The highest BCUT2D eigenvalue weighted by Crippen LogP contribution is 2.36. The highest BCUT2D eigenvalue weighted by atomic mass is 19.4. The molecule has 1 aliphatic carbocycles. The van der Waals surface area contributed by atoms with E-state index in [-0.39, 0.29) is 18.1 Å². The molecule has 0 aromatic carbocycles. The topological polar surface area (TPSA) is 25.4 Å².